The number of hydrogen-bond acceptors (Lipinski definition) is 3. The van der Waals surface area contributed by atoms with Crippen LogP contribution in [0.15, 0.2) is 24.4 Å². The van der Waals surface area contributed by atoms with E-state index in [9.17, 15) is 4.39 Å². The van der Waals surface area contributed by atoms with Crippen LogP contribution in [0.5, 0.6) is 0 Å². The van der Waals surface area contributed by atoms with Gasteiger partial charge in [0.1, 0.15) is 5.69 Å². The molecule has 2 rings (SSSR count). The van der Waals surface area contributed by atoms with Crippen molar-refractivity contribution in [2.45, 2.75) is 13.0 Å². The van der Waals surface area contributed by atoms with Gasteiger partial charge in [0.15, 0.2) is 5.82 Å². The molecule has 2 aromatic rings. The molecular weight excluding hydrogens is 231 g/mol. The maximum Gasteiger partial charge on any atom is 0.167 e. The van der Waals surface area contributed by atoms with Crippen LogP contribution >= 0.6 is 11.6 Å². The highest BCUT2D eigenvalue weighted by molar-refractivity contribution is 6.30. The molecule has 4 nitrogen and oxygen atoms in total. The average molecular weight is 241 g/mol. The summed E-state index contributed by atoms with van der Waals surface area (Å²) < 4.78 is 15.0. The fraction of sp³-hybridized carbons (Fsp3) is 0.200. The van der Waals surface area contributed by atoms with Gasteiger partial charge in [-0.15, -0.1) is 5.10 Å². The van der Waals surface area contributed by atoms with Crippen LogP contribution in [0.1, 0.15) is 18.7 Å². The molecule has 0 aliphatic rings. The third-order valence-corrected chi connectivity index (χ3v) is 2.45. The minimum Gasteiger partial charge on any atom is -0.323 e. The lowest BCUT2D eigenvalue weighted by atomic mass is 10.3. The molecule has 0 radical (unpaired) electrons. The number of nitrogens with two attached hydrogens (primary N) is 1. The second-order valence-corrected chi connectivity index (χ2v) is 3.86. The van der Waals surface area contributed by atoms with Crippen molar-refractivity contribution in [1.29, 1.82) is 0 Å². The van der Waals surface area contributed by atoms with Gasteiger partial charge in [0.05, 0.1) is 16.9 Å². The summed E-state index contributed by atoms with van der Waals surface area (Å²) in [5.74, 6) is -0.523. The Morgan fingerprint density at radius 1 is 1.50 bits per heavy atom. The molecule has 1 aromatic carbocycles. The first-order valence-corrected chi connectivity index (χ1v) is 5.09. The third kappa shape index (κ3) is 1.91. The van der Waals surface area contributed by atoms with Crippen molar-refractivity contribution in [2.24, 2.45) is 5.73 Å². The predicted octanol–water partition coefficient (Wildman–Crippen LogP) is 2.08. The smallest absolute Gasteiger partial charge is 0.167 e. The van der Waals surface area contributed by atoms with Crippen LogP contribution in [0.25, 0.3) is 5.69 Å². The quantitative estimate of drug-likeness (QED) is 0.874. The van der Waals surface area contributed by atoms with E-state index in [4.69, 9.17) is 17.3 Å². The fourth-order valence-electron chi connectivity index (χ4n) is 1.27. The molecule has 0 aliphatic heterocycles. The summed E-state index contributed by atoms with van der Waals surface area (Å²) in [5, 5.41) is 7.69. The summed E-state index contributed by atoms with van der Waals surface area (Å²) in [5.41, 5.74) is 6.49. The van der Waals surface area contributed by atoms with Gasteiger partial charge in [0.2, 0.25) is 0 Å². The highest BCUT2D eigenvalue weighted by atomic mass is 35.5. The van der Waals surface area contributed by atoms with Crippen molar-refractivity contribution in [3.05, 3.63) is 40.9 Å². The van der Waals surface area contributed by atoms with E-state index >= 15 is 0 Å². The largest absolute Gasteiger partial charge is 0.323 e. The van der Waals surface area contributed by atoms with Crippen LogP contribution in [0.4, 0.5) is 4.39 Å². The van der Waals surface area contributed by atoms with E-state index in [-0.39, 0.29) is 16.8 Å². The number of aromatic nitrogens is 3. The van der Waals surface area contributed by atoms with Crippen LogP contribution in [-0.4, -0.2) is 15.0 Å². The van der Waals surface area contributed by atoms with Crippen molar-refractivity contribution in [3.8, 4) is 5.69 Å². The van der Waals surface area contributed by atoms with Crippen LogP contribution in [0, 0.1) is 5.82 Å². The van der Waals surface area contributed by atoms with Gasteiger partial charge in [-0.2, -0.15) is 0 Å². The summed E-state index contributed by atoms with van der Waals surface area (Å²) in [7, 11) is 0. The highest BCUT2D eigenvalue weighted by Gasteiger charge is 2.11. The minimum atomic E-state index is -0.523. The number of rotatable bonds is 2. The van der Waals surface area contributed by atoms with Gasteiger partial charge in [-0.3, -0.25) is 0 Å². The molecule has 0 bridgehead atoms. The summed E-state index contributed by atoms with van der Waals surface area (Å²) in [6.45, 7) is 1.78. The van der Waals surface area contributed by atoms with Gasteiger partial charge in [0, 0.05) is 6.04 Å². The average Bonchev–Trinajstić information content (AvgIpc) is 2.71. The second kappa shape index (κ2) is 4.19. The fourth-order valence-corrected chi connectivity index (χ4v) is 1.44. The van der Waals surface area contributed by atoms with Gasteiger partial charge < -0.3 is 5.73 Å². The molecule has 1 aromatic heterocycles. The van der Waals surface area contributed by atoms with Crippen LogP contribution in [-0.2, 0) is 0 Å². The first kappa shape index (κ1) is 11.0. The number of halogens is 2. The van der Waals surface area contributed by atoms with Crippen molar-refractivity contribution in [2.75, 3.05) is 0 Å². The zero-order valence-corrected chi connectivity index (χ0v) is 9.32. The Bertz CT molecular complexity index is 509. The number of benzene rings is 1. The van der Waals surface area contributed by atoms with Gasteiger partial charge in [-0.25, -0.2) is 9.07 Å². The van der Waals surface area contributed by atoms with E-state index in [2.05, 4.69) is 10.3 Å². The molecular formula is C10H10ClFN4. The number of hydrogen-bond donors (Lipinski definition) is 1. The second-order valence-electron chi connectivity index (χ2n) is 3.45. The Morgan fingerprint density at radius 3 is 2.88 bits per heavy atom. The van der Waals surface area contributed by atoms with E-state index in [1.54, 1.807) is 25.3 Å². The molecule has 16 heavy (non-hydrogen) atoms. The maximum atomic E-state index is 13.6. The first-order chi connectivity index (χ1) is 7.59. The van der Waals surface area contributed by atoms with E-state index in [1.165, 1.54) is 10.7 Å². The molecule has 0 saturated carbocycles. The van der Waals surface area contributed by atoms with Crippen molar-refractivity contribution < 1.29 is 4.39 Å². The molecule has 1 unspecified atom stereocenters. The van der Waals surface area contributed by atoms with Gasteiger partial charge in [-0.05, 0) is 19.1 Å². The van der Waals surface area contributed by atoms with E-state index in [0.29, 0.717) is 5.69 Å². The molecule has 1 heterocycles. The Balaban J connectivity index is 2.47. The Hall–Kier alpha value is -1.46. The topological polar surface area (TPSA) is 56.7 Å². The molecule has 0 amide bonds. The van der Waals surface area contributed by atoms with Crippen molar-refractivity contribution in [3.63, 3.8) is 0 Å². The molecule has 0 fully saturated rings. The summed E-state index contributed by atoms with van der Waals surface area (Å²) in [4.78, 5) is 0. The SMILES string of the molecule is CC(N)c1cn(-c2cccc(Cl)c2F)nn1. The van der Waals surface area contributed by atoms with Crippen molar-refractivity contribution in [1.82, 2.24) is 15.0 Å². The maximum absolute atomic E-state index is 13.6. The van der Waals surface area contributed by atoms with E-state index in [0.717, 1.165) is 0 Å². The minimum absolute atomic E-state index is 0.0512. The Kier molecular flexibility index (Phi) is 2.89. The Morgan fingerprint density at radius 2 is 2.25 bits per heavy atom. The molecule has 2 N–H and O–H groups in total. The van der Waals surface area contributed by atoms with Crippen LogP contribution < -0.4 is 5.73 Å². The highest BCUT2D eigenvalue weighted by Crippen LogP contribution is 2.21. The monoisotopic (exact) mass is 240 g/mol. The zero-order valence-electron chi connectivity index (χ0n) is 8.56. The molecule has 0 spiro atoms. The normalized spacial score (nSPS) is 12.8. The van der Waals surface area contributed by atoms with Crippen LogP contribution in [0.2, 0.25) is 5.02 Å². The third-order valence-electron chi connectivity index (χ3n) is 2.16. The summed E-state index contributed by atoms with van der Waals surface area (Å²) >= 11 is 5.67. The molecule has 0 saturated heterocycles. The molecule has 0 aliphatic carbocycles. The first-order valence-electron chi connectivity index (χ1n) is 4.72. The zero-order chi connectivity index (χ0) is 11.7. The van der Waals surface area contributed by atoms with E-state index in [1.807, 2.05) is 0 Å². The van der Waals surface area contributed by atoms with Gasteiger partial charge in [-0.1, -0.05) is 22.9 Å². The molecule has 84 valence electrons. The standard InChI is InChI=1S/C10H10ClFN4/c1-6(13)8-5-16(15-14-8)9-4-2-3-7(11)10(9)12/h2-6H,13H2,1H3. The lowest BCUT2D eigenvalue weighted by Crippen LogP contribution is -2.05. The lowest BCUT2D eigenvalue weighted by Gasteiger charge is -2.02. The summed E-state index contributed by atoms with van der Waals surface area (Å²) in [6.07, 6.45) is 1.58. The summed E-state index contributed by atoms with van der Waals surface area (Å²) in [6, 6.07) is 4.45. The van der Waals surface area contributed by atoms with Gasteiger partial charge >= 0.3 is 0 Å². The van der Waals surface area contributed by atoms with Gasteiger partial charge in [0.25, 0.3) is 0 Å². The van der Waals surface area contributed by atoms with Crippen LogP contribution in [0.3, 0.4) is 0 Å². The molecule has 6 heteroatoms. The van der Waals surface area contributed by atoms with Crippen molar-refractivity contribution >= 4 is 11.6 Å². The number of nitrogens with zero attached hydrogens (tertiary/aromatic N) is 3. The molecule has 1 atom stereocenters. The predicted molar refractivity (Wildman–Crippen MR) is 58.9 cm³/mol. The lowest BCUT2D eigenvalue weighted by molar-refractivity contribution is 0.607. The Labute approximate surface area is 96.8 Å². The van der Waals surface area contributed by atoms with E-state index < -0.39 is 5.82 Å².